The van der Waals surface area contributed by atoms with Gasteiger partial charge in [-0.15, -0.1) is 0 Å². The van der Waals surface area contributed by atoms with E-state index in [1.807, 2.05) is 0 Å². The number of hydrogen-bond donors (Lipinski definition) is 3. The van der Waals surface area contributed by atoms with Gasteiger partial charge in [0.15, 0.2) is 5.84 Å². The lowest BCUT2D eigenvalue weighted by Gasteiger charge is -2.24. The number of alkyl halides is 3. The molecule has 1 aliphatic rings. The predicted octanol–water partition coefficient (Wildman–Crippen LogP) is 0.806. The van der Waals surface area contributed by atoms with Gasteiger partial charge in [0.05, 0.1) is 6.04 Å². The molecule has 0 aromatic rings. The van der Waals surface area contributed by atoms with Crippen LogP contribution < -0.4 is 11.1 Å². The van der Waals surface area contributed by atoms with Crippen LogP contribution in [0.1, 0.15) is 19.8 Å². The van der Waals surface area contributed by atoms with Crippen molar-refractivity contribution in [2.45, 2.75) is 37.5 Å². The van der Waals surface area contributed by atoms with Gasteiger partial charge in [-0.2, -0.15) is 13.2 Å². The van der Waals surface area contributed by atoms with E-state index in [0.29, 0.717) is 0 Å². The second kappa shape index (κ2) is 3.30. The highest BCUT2D eigenvalue weighted by Gasteiger charge is 2.63. The van der Waals surface area contributed by atoms with Crippen LogP contribution in [0.2, 0.25) is 0 Å². The molecule has 0 amide bonds. The molecular weight excluding hydrogens is 199 g/mol. The van der Waals surface area contributed by atoms with E-state index in [1.54, 1.807) is 0 Å². The fourth-order valence-corrected chi connectivity index (χ4v) is 1.21. The highest BCUT2D eigenvalue weighted by atomic mass is 19.4. The molecule has 4 nitrogen and oxygen atoms in total. The summed E-state index contributed by atoms with van der Waals surface area (Å²) in [4.78, 5) is 0. The molecule has 4 N–H and O–H groups in total. The molecule has 14 heavy (non-hydrogen) atoms. The van der Waals surface area contributed by atoms with Crippen molar-refractivity contribution in [2.24, 2.45) is 10.9 Å². The molecule has 0 saturated heterocycles. The van der Waals surface area contributed by atoms with Gasteiger partial charge in [-0.05, 0) is 19.8 Å². The first-order valence-electron chi connectivity index (χ1n) is 4.14. The van der Waals surface area contributed by atoms with Crippen molar-refractivity contribution in [3.8, 4) is 0 Å². The van der Waals surface area contributed by atoms with Gasteiger partial charge < -0.3 is 10.9 Å². The fourth-order valence-electron chi connectivity index (χ4n) is 1.21. The van der Waals surface area contributed by atoms with E-state index in [-0.39, 0.29) is 18.7 Å². The van der Waals surface area contributed by atoms with Crippen LogP contribution in [0.3, 0.4) is 0 Å². The van der Waals surface area contributed by atoms with Crippen LogP contribution in [0.15, 0.2) is 5.16 Å². The van der Waals surface area contributed by atoms with Gasteiger partial charge >= 0.3 is 6.18 Å². The minimum absolute atomic E-state index is 0.0412. The van der Waals surface area contributed by atoms with E-state index >= 15 is 0 Å². The summed E-state index contributed by atoms with van der Waals surface area (Å²) in [6.45, 7) is 1.42. The monoisotopic (exact) mass is 211 g/mol. The highest BCUT2D eigenvalue weighted by Crippen LogP contribution is 2.49. The van der Waals surface area contributed by atoms with E-state index in [0.717, 1.165) is 0 Å². The van der Waals surface area contributed by atoms with Crippen molar-refractivity contribution < 1.29 is 18.4 Å². The van der Waals surface area contributed by atoms with Gasteiger partial charge in [-0.3, -0.25) is 5.32 Å². The van der Waals surface area contributed by atoms with Gasteiger partial charge in [0.1, 0.15) is 5.54 Å². The molecule has 1 rings (SSSR count). The minimum Gasteiger partial charge on any atom is -0.409 e. The van der Waals surface area contributed by atoms with E-state index in [1.165, 1.54) is 6.92 Å². The lowest BCUT2D eigenvalue weighted by molar-refractivity contribution is -0.166. The number of nitrogens with one attached hydrogen (secondary N) is 1. The number of nitrogens with zero attached hydrogens (tertiary/aromatic N) is 1. The summed E-state index contributed by atoms with van der Waals surface area (Å²) in [5.74, 6) is -0.250. The maximum Gasteiger partial charge on any atom is 0.406 e. The Hall–Kier alpha value is -0.980. The quantitative estimate of drug-likeness (QED) is 0.280. The molecule has 0 spiro atoms. The number of oxime groups is 1. The molecule has 0 aliphatic heterocycles. The zero-order valence-corrected chi connectivity index (χ0v) is 7.60. The Kier molecular flexibility index (Phi) is 2.62. The van der Waals surface area contributed by atoms with E-state index in [4.69, 9.17) is 10.9 Å². The van der Waals surface area contributed by atoms with Gasteiger partial charge in [0.2, 0.25) is 0 Å². The molecule has 1 saturated carbocycles. The molecule has 0 bridgehead atoms. The van der Waals surface area contributed by atoms with Crippen LogP contribution in [-0.2, 0) is 0 Å². The second-order valence-electron chi connectivity index (χ2n) is 3.47. The number of hydrogen-bond acceptors (Lipinski definition) is 3. The van der Waals surface area contributed by atoms with Gasteiger partial charge in [0, 0.05) is 0 Å². The average molecular weight is 211 g/mol. The van der Waals surface area contributed by atoms with E-state index in [2.05, 4.69) is 10.5 Å². The SMILES string of the molecule is CC(NC1(C(F)(F)F)CC1)C(N)=NO. The first-order chi connectivity index (χ1) is 6.32. The summed E-state index contributed by atoms with van der Waals surface area (Å²) in [5, 5.41) is 13.2. The zero-order valence-electron chi connectivity index (χ0n) is 7.60. The summed E-state index contributed by atoms with van der Waals surface area (Å²) in [5.41, 5.74) is 3.33. The third kappa shape index (κ3) is 1.92. The standard InChI is InChI=1S/C7H12F3N3O/c1-4(5(11)13-14)12-6(2-3-6)7(8,9)10/h4,12,14H,2-3H2,1H3,(H2,11,13). The van der Waals surface area contributed by atoms with Crippen molar-refractivity contribution in [3.63, 3.8) is 0 Å². The van der Waals surface area contributed by atoms with Gasteiger partial charge in [-0.25, -0.2) is 0 Å². The molecule has 0 aromatic heterocycles. The Labute approximate surface area is 79.0 Å². The van der Waals surface area contributed by atoms with Crippen LogP contribution in [0.25, 0.3) is 0 Å². The zero-order chi connectivity index (χ0) is 11.0. The number of nitrogens with two attached hydrogens (primary N) is 1. The molecular formula is C7H12F3N3O. The van der Waals surface area contributed by atoms with E-state index in [9.17, 15) is 13.2 Å². The Morgan fingerprint density at radius 1 is 1.57 bits per heavy atom. The molecule has 0 heterocycles. The molecule has 1 unspecified atom stereocenters. The van der Waals surface area contributed by atoms with E-state index < -0.39 is 17.8 Å². The maximum atomic E-state index is 12.4. The highest BCUT2D eigenvalue weighted by molar-refractivity contribution is 5.84. The van der Waals surface area contributed by atoms with Crippen molar-refractivity contribution in [3.05, 3.63) is 0 Å². The number of amidine groups is 1. The summed E-state index contributed by atoms with van der Waals surface area (Å²) in [7, 11) is 0. The molecule has 7 heteroatoms. The summed E-state index contributed by atoms with van der Waals surface area (Å²) < 4.78 is 37.3. The summed E-state index contributed by atoms with van der Waals surface area (Å²) >= 11 is 0. The molecule has 0 aromatic carbocycles. The number of halogens is 3. The summed E-state index contributed by atoms with van der Waals surface area (Å²) in [6.07, 6.45) is -4.20. The molecule has 82 valence electrons. The fraction of sp³-hybridized carbons (Fsp3) is 0.857. The van der Waals surface area contributed by atoms with Gasteiger partial charge in [0.25, 0.3) is 0 Å². The average Bonchev–Trinajstić information content (AvgIpc) is 2.82. The summed E-state index contributed by atoms with van der Waals surface area (Å²) in [6, 6.07) is -0.788. The largest absolute Gasteiger partial charge is 0.409 e. The van der Waals surface area contributed by atoms with Crippen LogP contribution in [-0.4, -0.2) is 28.8 Å². The van der Waals surface area contributed by atoms with Crippen LogP contribution >= 0.6 is 0 Å². The topological polar surface area (TPSA) is 70.6 Å². The molecule has 1 aliphatic carbocycles. The van der Waals surface area contributed by atoms with Crippen molar-refractivity contribution in [2.75, 3.05) is 0 Å². The Morgan fingerprint density at radius 2 is 2.07 bits per heavy atom. The van der Waals surface area contributed by atoms with Crippen LogP contribution in [0.4, 0.5) is 13.2 Å². The predicted molar refractivity (Wildman–Crippen MR) is 44.0 cm³/mol. The van der Waals surface area contributed by atoms with Crippen LogP contribution in [0, 0.1) is 0 Å². The van der Waals surface area contributed by atoms with Crippen molar-refractivity contribution >= 4 is 5.84 Å². The second-order valence-corrected chi connectivity index (χ2v) is 3.47. The van der Waals surface area contributed by atoms with Gasteiger partial charge in [-0.1, -0.05) is 5.16 Å². The number of rotatable bonds is 3. The first-order valence-corrected chi connectivity index (χ1v) is 4.14. The lowest BCUT2D eigenvalue weighted by Crippen LogP contribution is -2.52. The Bertz CT molecular complexity index is 247. The molecule has 1 atom stereocenters. The third-order valence-corrected chi connectivity index (χ3v) is 2.34. The normalized spacial score (nSPS) is 23.3. The van der Waals surface area contributed by atoms with Crippen molar-refractivity contribution in [1.82, 2.24) is 5.32 Å². The molecule has 0 radical (unpaired) electrons. The lowest BCUT2D eigenvalue weighted by atomic mass is 10.2. The Morgan fingerprint density at radius 3 is 2.36 bits per heavy atom. The minimum atomic E-state index is -4.28. The maximum absolute atomic E-state index is 12.4. The Balaban J connectivity index is 2.61. The van der Waals surface area contributed by atoms with Crippen molar-refractivity contribution in [1.29, 1.82) is 0 Å². The molecule has 1 fully saturated rings. The third-order valence-electron chi connectivity index (χ3n) is 2.34. The first kappa shape index (κ1) is 11.1. The van der Waals surface area contributed by atoms with Crippen LogP contribution in [0.5, 0.6) is 0 Å². The smallest absolute Gasteiger partial charge is 0.406 e.